The van der Waals surface area contributed by atoms with Crippen LogP contribution in [0.25, 0.3) is 0 Å². The summed E-state index contributed by atoms with van der Waals surface area (Å²) in [7, 11) is 3.44. The highest BCUT2D eigenvalue weighted by atomic mass is 32.2. The summed E-state index contributed by atoms with van der Waals surface area (Å²) in [6, 6.07) is 0. The number of aliphatic carboxylic acids is 1. The van der Waals surface area contributed by atoms with Crippen LogP contribution in [-0.4, -0.2) is 46.5 Å². The van der Waals surface area contributed by atoms with Gasteiger partial charge in [-0.2, -0.15) is 0 Å². The molecule has 88 valence electrons. The number of thioether (sulfide) groups is 1. The molecule has 0 saturated heterocycles. The third-order valence-corrected chi connectivity index (χ3v) is 3.40. The highest BCUT2D eigenvalue weighted by molar-refractivity contribution is 8.01. The van der Waals surface area contributed by atoms with Gasteiger partial charge in [-0.05, 0) is 26.0 Å². The van der Waals surface area contributed by atoms with Crippen LogP contribution < -0.4 is 0 Å². The molecule has 0 atom stereocenters. The van der Waals surface area contributed by atoms with E-state index in [1.54, 1.807) is 32.8 Å². The first-order valence-corrected chi connectivity index (χ1v) is 5.83. The Hall–Kier alpha value is -0.710. The zero-order chi connectivity index (χ0) is 12.1. The SMILES string of the molecule is CN(C)C(=O)CCCSC(C)(C)C(=O)O. The maximum Gasteiger partial charge on any atom is 0.319 e. The molecule has 0 unspecified atom stereocenters. The van der Waals surface area contributed by atoms with Gasteiger partial charge in [0.1, 0.15) is 4.75 Å². The Balaban J connectivity index is 3.72. The number of rotatable bonds is 6. The predicted molar refractivity (Wildman–Crippen MR) is 62.1 cm³/mol. The van der Waals surface area contributed by atoms with Crippen LogP contribution in [-0.2, 0) is 9.59 Å². The molecule has 5 heteroatoms. The molecule has 0 aliphatic carbocycles. The van der Waals surface area contributed by atoms with Gasteiger partial charge in [0.2, 0.25) is 5.91 Å². The Labute approximate surface area is 95.0 Å². The summed E-state index contributed by atoms with van der Waals surface area (Å²) in [4.78, 5) is 23.5. The molecule has 15 heavy (non-hydrogen) atoms. The van der Waals surface area contributed by atoms with Gasteiger partial charge in [0.25, 0.3) is 0 Å². The number of carbonyl (C=O) groups excluding carboxylic acids is 1. The van der Waals surface area contributed by atoms with Crippen molar-refractivity contribution < 1.29 is 14.7 Å². The van der Waals surface area contributed by atoms with E-state index >= 15 is 0 Å². The molecule has 0 heterocycles. The Bertz CT molecular complexity index is 239. The van der Waals surface area contributed by atoms with Gasteiger partial charge in [-0.3, -0.25) is 9.59 Å². The fourth-order valence-corrected chi connectivity index (χ4v) is 1.76. The number of hydrogen-bond donors (Lipinski definition) is 1. The Morgan fingerprint density at radius 3 is 2.27 bits per heavy atom. The molecule has 0 saturated carbocycles. The molecule has 0 aliphatic heterocycles. The summed E-state index contributed by atoms with van der Waals surface area (Å²) in [5.74, 6) is -0.0334. The highest BCUT2D eigenvalue weighted by Gasteiger charge is 2.27. The van der Waals surface area contributed by atoms with E-state index < -0.39 is 10.7 Å². The van der Waals surface area contributed by atoms with Crippen LogP contribution in [0.2, 0.25) is 0 Å². The second kappa shape index (κ2) is 6.00. The number of carbonyl (C=O) groups is 2. The summed E-state index contributed by atoms with van der Waals surface area (Å²) >= 11 is 1.37. The molecule has 1 N–H and O–H groups in total. The molecule has 0 aromatic rings. The first kappa shape index (κ1) is 14.3. The van der Waals surface area contributed by atoms with E-state index in [0.29, 0.717) is 12.2 Å². The average Bonchev–Trinajstić information content (AvgIpc) is 2.11. The first-order chi connectivity index (χ1) is 6.77. The average molecular weight is 233 g/mol. The molecule has 0 radical (unpaired) electrons. The van der Waals surface area contributed by atoms with Gasteiger partial charge in [0.05, 0.1) is 0 Å². The second-order valence-corrected chi connectivity index (χ2v) is 5.77. The normalized spacial score (nSPS) is 11.2. The van der Waals surface area contributed by atoms with Crippen molar-refractivity contribution in [1.29, 1.82) is 0 Å². The predicted octanol–water partition coefficient (Wildman–Crippen LogP) is 1.45. The second-order valence-electron chi connectivity index (χ2n) is 4.06. The van der Waals surface area contributed by atoms with E-state index in [4.69, 9.17) is 5.11 Å². The Kier molecular flexibility index (Phi) is 5.72. The molecule has 4 nitrogen and oxygen atoms in total. The lowest BCUT2D eigenvalue weighted by Gasteiger charge is -2.18. The largest absolute Gasteiger partial charge is 0.480 e. The fraction of sp³-hybridized carbons (Fsp3) is 0.800. The van der Waals surface area contributed by atoms with Gasteiger partial charge >= 0.3 is 5.97 Å². The smallest absolute Gasteiger partial charge is 0.319 e. The summed E-state index contributed by atoms with van der Waals surface area (Å²) in [6.07, 6.45) is 1.20. The minimum Gasteiger partial charge on any atom is -0.480 e. The molecule has 0 aliphatic rings. The number of hydrogen-bond acceptors (Lipinski definition) is 3. The molecule has 0 rings (SSSR count). The lowest BCUT2D eigenvalue weighted by Crippen LogP contribution is -2.28. The third-order valence-electron chi connectivity index (χ3n) is 2.01. The van der Waals surface area contributed by atoms with Crippen LogP contribution in [0, 0.1) is 0 Å². The summed E-state index contributed by atoms with van der Waals surface area (Å²) in [5.41, 5.74) is 0. The zero-order valence-electron chi connectivity index (χ0n) is 9.74. The van der Waals surface area contributed by atoms with Crippen molar-refractivity contribution in [1.82, 2.24) is 4.90 Å². The number of carboxylic acid groups (broad SMARTS) is 1. The minimum absolute atomic E-state index is 0.0868. The summed E-state index contributed by atoms with van der Waals surface area (Å²) in [5, 5.41) is 8.84. The van der Waals surface area contributed by atoms with Gasteiger partial charge in [-0.1, -0.05) is 0 Å². The quantitative estimate of drug-likeness (QED) is 0.705. The fourth-order valence-electron chi connectivity index (χ4n) is 0.836. The van der Waals surface area contributed by atoms with Gasteiger partial charge in [-0.25, -0.2) is 0 Å². The lowest BCUT2D eigenvalue weighted by atomic mass is 10.2. The van der Waals surface area contributed by atoms with Crippen LogP contribution in [0.15, 0.2) is 0 Å². The Morgan fingerprint density at radius 1 is 1.33 bits per heavy atom. The van der Waals surface area contributed by atoms with Crippen molar-refractivity contribution in [2.24, 2.45) is 0 Å². The van der Waals surface area contributed by atoms with Crippen LogP contribution in [0.3, 0.4) is 0 Å². The molecule has 1 amide bonds. The van der Waals surface area contributed by atoms with Crippen LogP contribution in [0.1, 0.15) is 26.7 Å². The number of nitrogens with zero attached hydrogens (tertiary/aromatic N) is 1. The van der Waals surface area contributed by atoms with Crippen LogP contribution in [0.4, 0.5) is 0 Å². The van der Waals surface area contributed by atoms with Gasteiger partial charge in [0.15, 0.2) is 0 Å². The van der Waals surface area contributed by atoms with Crippen LogP contribution in [0.5, 0.6) is 0 Å². The maximum atomic E-state index is 11.2. The molecular weight excluding hydrogens is 214 g/mol. The molecule has 0 aromatic heterocycles. The Morgan fingerprint density at radius 2 is 1.87 bits per heavy atom. The van der Waals surface area contributed by atoms with Gasteiger partial charge in [-0.15, -0.1) is 11.8 Å². The van der Waals surface area contributed by atoms with Gasteiger partial charge in [0, 0.05) is 20.5 Å². The molecule has 0 fully saturated rings. The van der Waals surface area contributed by atoms with Crippen molar-refractivity contribution in [3.63, 3.8) is 0 Å². The van der Waals surface area contributed by atoms with E-state index in [1.807, 2.05) is 0 Å². The van der Waals surface area contributed by atoms with Crippen molar-refractivity contribution in [2.45, 2.75) is 31.4 Å². The monoisotopic (exact) mass is 233 g/mol. The molecular formula is C10H19NO3S. The van der Waals surface area contributed by atoms with Gasteiger partial charge < -0.3 is 10.0 Å². The third kappa shape index (κ3) is 5.67. The van der Waals surface area contributed by atoms with E-state index in [9.17, 15) is 9.59 Å². The topological polar surface area (TPSA) is 57.6 Å². The maximum absolute atomic E-state index is 11.2. The number of carboxylic acids is 1. The highest BCUT2D eigenvalue weighted by Crippen LogP contribution is 2.25. The summed E-state index contributed by atoms with van der Waals surface area (Å²) < 4.78 is -0.763. The molecule has 0 aromatic carbocycles. The molecule has 0 bridgehead atoms. The molecule has 0 spiro atoms. The first-order valence-electron chi connectivity index (χ1n) is 4.85. The van der Waals surface area contributed by atoms with Crippen LogP contribution >= 0.6 is 11.8 Å². The zero-order valence-corrected chi connectivity index (χ0v) is 10.6. The van der Waals surface area contributed by atoms with E-state index in [1.165, 1.54) is 11.8 Å². The number of amides is 1. The van der Waals surface area contributed by atoms with Crippen molar-refractivity contribution >= 4 is 23.6 Å². The standard InChI is InChI=1S/C10H19NO3S/c1-10(2,9(13)14)15-7-5-6-8(12)11(3)4/h5-7H2,1-4H3,(H,13,14). The summed E-state index contributed by atoms with van der Waals surface area (Å²) in [6.45, 7) is 3.35. The van der Waals surface area contributed by atoms with Crippen molar-refractivity contribution in [3.8, 4) is 0 Å². The van der Waals surface area contributed by atoms with Crippen molar-refractivity contribution in [2.75, 3.05) is 19.8 Å². The minimum atomic E-state index is -0.813. The lowest BCUT2D eigenvalue weighted by molar-refractivity contribution is -0.138. The van der Waals surface area contributed by atoms with E-state index in [2.05, 4.69) is 0 Å². The van der Waals surface area contributed by atoms with Crippen molar-refractivity contribution in [3.05, 3.63) is 0 Å². The van der Waals surface area contributed by atoms with E-state index in [0.717, 1.165) is 6.42 Å². The van der Waals surface area contributed by atoms with E-state index in [-0.39, 0.29) is 5.91 Å².